The fourth-order valence-electron chi connectivity index (χ4n) is 2.89. The van der Waals surface area contributed by atoms with Crippen molar-refractivity contribution in [3.05, 3.63) is 67.0 Å². The standard InChI is InChI=1S/C20H18Cl2N4OS2/c1-10-4-7-17(28-10)16-9-27-26-19(23-16)18-11(2)12(3)24-25-20(18)29-13-5-6-14(21)15(22)8-13/h4-8,16H,9H2,1-3H3,(H,23,26)/t16-/m1/s1. The van der Waals surface area contributed by atoms with Gasteiger partial charge in [0.15, 0.2) is 5.84 Å². The molecule has 3 heterocycles. The predicted molar refractivity (Wildman–Crippen MR) is 120 cm³/mol. The molecule has 1 aromatic carbocycles. The zero-order valence-corrected chi connectivity index (χ0v) is 19.1. The number of nitrogens with one attached hydrogen (secondary N) is 1. The van der Waals surface area contributed by atoms with Gasteiger partial charge in [-0.1, -0.05) is 35.0 Å². The van der Waals surface area contributed by atoms with Crippen molar-refractivity contribution >= 4 is 52.1 Å². The number of thiophene rings is 1. The lowest BCUT2D eigenvalue weighted by Crippen LogP contribution is -2.33. The zero-order chi connectivity index (χ0) is 20.5. The molecule has 4 rings (SSSR count). The van der Waals surface area contributed by atoms with Crippen molar-refractivity contribution in [2.45, 2.75) is 36.7 Å². The van der Waals surface area contributed by atoms with E-state index >= 15 is 0 Å². The van der Waals surface area contributed by atoms with Gasteiger partial charge in [-0.15, -0.1) is 16.4 Å². The minimum absolute atomic E-state index is 0.0550. The third-order valence-corrected chi connectivity index (χ3v) is 7.36. The monoisotopic (exact) mass is 464 g/mol. The van der Waals surface area contributed by atoms with Crippen LogP contribution in [0, 0.1) is 20.8 Å². The molecule has 0 saturated heterocycles. The van der Waals surface area contributed by atoms with Crippen molar-refractivity contribution in [1.82, 2.24) is 15.7 Å². The van der Waals surface area contributed by atoms with Crippen LogP contribution in [0.3, 0.4) is 0 Å². The summed E-state index contributed by atoms with van der Waals surface area (Å²) >= 11 is 15.4. The number of benzene rings is 1. The number of hydrogen-bond acceptors (Lipinski definition) is 7. The fourth-order valence-corrected chi connectivity index (χ4v) is 5.12. The van der Waals surface area contributed by atoms with Crippen molar-refractivity contribution in [3.8, 4) is 0 Å². The van der Waals surface area contributed by atoms with E-state index in [0.717, 1.165) is 26.7 Å². The molecule has 0 unspecified atom stereocenters. The maximum atomic E-state index is 6.18. The first kappa shape index (κ1) is 20.6. The Labute approximate surface area is 187 Å². The highest BCUT2D eigenvalue weighted by Gasteiger charge is 2.24. The van der Waals surface area contributed by atoms with Crippen LogP contribution in [0.1, 0.15) is 32.6 Å². The van der Waals surface area contributed by atoms with E-state index in [1.54, 1.807) is 17.4 Å². The molecule has 0 aliphatic carbocycles. The highest BCUT2D eigenvalue weighted by molar-refractivity contribution is 7.99. The molecule has 0 amide bonds. The van der Waals surface area contributed by atoms with E-state index in [1.165, 1.54) is 21.5 Å². The van der Waals surface area contributed by atoms with Crippen molar-refractivity contribution in [2.75, 3.05) is 6.61 Å². The second kappa shape index (κ2) is 8.62. The average Bonchev–Trinajstić information content (AvgIpc) is 3.14. The van der Waals surface area contributed by atoms with E-state index in [0.29, 0.717) is 22.5 Å². The Morgan fingerprint density at radius 1 is 1.10 bits per heavy atom. The van der Waals surface area contributed by atoms with E-state index in [-0.39, 0.29) is 6.04 Å². The van der Waals surface area contributed by atoms with Crippen LogP contribution in [0.2, 0.25) is 10.0 Å². The van der Waals surface area contributed by atoms with E-state index < -0.39 is 0 Å². The first-order chi connectivity index (χ1) is 13.9. The maximum Gasteiger partial charge on any atom is 0.156 e. The Bertz CT molecular complexity index is 1100. The number of amidine groups is 1. The van der Waals surface area contributed by atoms with Crippen LogP contribution < -0.4 is 5.48 Å². The van der Waals surface area contributed by atoms with Crippen LogP contribution in [0.4, 0.5) is 0 Å². The van der Waals surface area contributed by atoms with Gasteiger partial charge >= 0.3 is 0 Å². The van der Waals surface area contributed by atoms with E-state index in [4.69, 9.17) is 33.0 Å². The summed E-state index contributed by atoms with van der Waals surface area (Å²) in [7, 11) is 0. The van der Waals surface area contributed by atoms with Gasteiger partial charge < -0.3 is 0 Å². The molecular formula is C20H18Cl2N4OS2. The number of hydrogen-bond donors (Lipinski definition) is 1. The molecule has 0 spiro atoms. The van der Waals surface area contributed by atoms with Gasteiger partial charge in [0.25, 0.3) is 0 Å². The molecule has 29 heavy (non-hydrogen) atoms. The van der Waals surface area contributed by atoms with Crippen LogP contribution in [-0.4, -0.2) is 22.6 Å². The molecule has 0 saturated carbocycles. The summed E-state index contributed by atoms with van der Waals surface area (Å²) in [5, 5.41) is 10.5. The van der Waals surface area contributed by atoms with Gasteiger partial charge in [-0.2, -0.15) is 5.10 Å². The van der Waals surface area contributed by atoms with Crippen LogP contribution in [0.5, 0.6) is 0 Å². The van der Waals surface area contributed by atoms with Crippen LogP contribution in [0.15, 0.2) is 45.2 Å². The van der Waals surface area contributed by atoms with Crippen LogP contribution >= 0.6 is 46.3 Å². The summed E-state index contributed by atoms with van der Waals surface area (Å²) in [6, 6.07) is 9.65. The van der Waals surface area contributed by atoms with Crippen LogP contribution in [-0.2, 0) is 4.84 Å². The van der Waals surface area contributed by atoms with Crippen molar-refractivity contribution in [2.24, 2.45) is 4.99 Å². The second-order valence-electron chi connectivity index (χ2n) is 6.62. The second-order valence-corrected chi connectivity index (χ2v) is 9.82. The quantitative estimate of drug-likeness (QED) is 0.517. The smallest absolute Gasteiger partial charge is 0.156 e. The topological polar surface area (TPSA) is 59.4 Å². The Morgan fingerprint density at radius 3 is 2.66 bits per heavy atom. The molecule has 3 aromatic rings. The number of halogens is 2. The Balaban J connectivity index is 1.74. The molecule has 1 N–H and O–H groups in total. The van der Waals surface area contributed by atoms with E-state index in [1.807, 2.05) is 26.0 Å². The highest BCUT2D eigenvalue weighted by Crippen LogP contribution is 2.35. The number of aromatic nitrogens is 2. The predicted octanol–water partition coefficient (Wildman–Crippen LogP) is 5.94. The Hall–Kier alpha value is -1.64. The van der Waals surface area contributed by atoms with Crippen molar-refractivity contribution in [1.29, 1.82) is 0 Å². The molecule has 5 nitrogen and oxygen atoms in total. The summed E-state index contributed by atoms with van der Waals surface area (Å²) in [6.45, 7) is 6.52. The van der Waals surface area contributed by atoms with E-state index in [9.17, 15) is 0 Å². The summed E-state index contributed by atoms with van der Waals surface area (Å²) < 4.78 is 0. The molecule has 0 fully saturated rings. The molecule has 1 aliphatic heterocycles. The highest BCUT2D eigenvalue weighted by atomic mass is 35.5. The molecule has 0 radical (unpaired) electrons. The lowest BCUT2D eigenvalue weighted by Gasteiger charge is -2.23. The van der Waals surface area contributed by atoms with Gasteiger partial charge in [-0.05, 0) is 56.7 Å². The third kappa shape index (κ3) is 4.44. The van der Waals surface area contributed by atoms with Gasteiger partial charge in [0.2, 0.25) is 0 Å². The average molecular weight is 465 g/mol. The van der Waals surface area contributed by atoms with Gasteiger partial charge in [0.05, 0.1) is 21.3 Å². The maximum absolute atomic E-state index is 6.18. The number of hydroxylamine groups is 1. The molecule has 2 aromatic heterocycles. The molecule has 1 atom stereocenters. The largest absolute Gasteiger partial charge is 0.272 e. The minimum Gasteiger partial charge on any atom is -0.272 e. The molecular weight excluding hydrogens is 447 g/mol. The Morgan fingerprint density at radius 2 is 1.93 bits per heavy atom. The van der Waals surface area contributed by atoms with Gasteiger partial charge in [0, 0.05) is 14.6 Å². The summed E-state index contributed by atoms with van der Waals surface area (Å²) in [6.07, 6.45) is 0. The first-order valence-electron chi connectivity index (χ1n) is 8.91. The minimum atomic E-state index is -0.0550. The van der Waals surface area contributed by atoms with Crippen molar-refractivity contribution in [3.63, 3.8) is 0 Å². The normalized spacial score (nSPS) is 16.4. The SMILES string of the molecule is Cc1ccc([C@H]2CONC(c3c(Sc4ccc(Cl)c(Cl)c4)nnc(C)c3C)=N2)s1. The van der Waals surface area contributed by atoms with Gasteiger partial charge in [-0.3, -0.25) is 9.83 Å². The summed E-state index contributed by atoms with van der Waals surface area (Å²) in [4.78, 5) is 14.0. The number of aryl methyl sites for hydroxylation is 2. The van der Waals surface area contributed by atoms with Crippen LogP contribution in [0.25, 0.3) is 0 Å². The van der Waals surface area contributed by atoms with Gasteiger partial charge in [0.1, 0.15) is 17.7 Å². The number of rotatable bonds is 4. The molecule has 0 bridgehead atoms. The Kier molecular flexibility index (Phi) is 6.13. The number of aliphatic imine (C=N–C) groups is 1. The first-order valence-corrected chi connectivity index (χ1v) is 11.3. The lowest BCUT2D eigenvalue weighted by atomic mass is 10.1. The lowest BCUT2D eigenvalue weighted by molar-refractivity contribution is 0.0627. The summed E-state index contributed by atoms with van der Waals surface area (Å²) in [5.74, 6) is 0.658. The molecule has 150 valence electrons. The van der Waals surface area contributed by atoms with Gasteiger partial charge in [-0.25, -0.2) is 5.48 Å². The number of nitrogens with zero attached hydrogens (tertiary/aromatic N) is 3. The fraction of sp³-hybridized carbons (Fsp3) is 0.250. The third-order valence-electron chi connectivity index (χ3n) is 4.55. The van der Waals surface area contributed by atoms with Crippen molar-refractivity contribution < 1.29 is 4.84 Å². The van der Waals surface area contributed by atoms with E-state index in [2.05, 4.69) is 34.7 Å². The zero-order valence-electron chi connectivity index (χ0n) is 16.0. The molecule has 1 aliphatic rings. The summed E-state index contributed by atoms with van der Waals surface area (Å²) in [5.41, 5.74) is 5.71. The molecule has 9 heteroatoms.